The van der Waals surface area contributed by atoms with Crippen molar-refractivity contribution in [3.8, 4) is 0 Å². The van der Waals surface area contributed by atoms with Crippen molar-refractivity contribution in [2.24, 2.45) is 0 Å². The van der Waals surface area contributed by atoms with Crippen molar-refractivity contribution in [3.05, 3.63) is 33.8 Å². The van der Waals surface area contributed by atoms with Crippen LogP contribution >= 0.6 is 11.3 Å². The van der Waals surface area contributed by atoms with Gasteiger partial charge >= 0.3 is 0 Å². The zero-order valence-corrected chi connectivity index (χ0v) is 12.3. The number of H-pyrrole nitrogens is 1. The molecule has 1 saturated heterocycles. The zero-order chi connectivity index (χ0) is 13.2. The molecule has 0 radical (unpaired) electrons. The summed E-state index contributed by atoms with van der Waals surface area (Å²) in [6.45, 7) is 7.37. The third-order valence-electron chi connectivity index (χ3n) is 3.67. The van der Waals surface area contributed by atoms with Crippen LogP contribution in [0.15, 0.2) is 11.6 Å². The Morgan fingerprint density at radius 1 is 1.47 bits per heavy atom. The van der Waals surface area contributed by atoms with Crippen molar-refractivity contribution < 1.29 is 0 Å². The fourth-order valence-electron chi connectivity index (χ4n) is 2.77. The Balaban J connectivity index is 1.64. The van der Waals surface area contributed by atoms with E-state index >= 15 is 0 Å². The second kappa shape index (κ2) is 5.43. The molecule has 0 spiro atoms. The van der Waals surface area contributed by atoms with Gasteiger partial charge < -0.3 is 4.98 Å². The molecule has 3 heterocycles. The van der Waals surface area contributed by atoms with Crippen LogP contribution in [0.3, 0.4) is 0 Å². The summed E-state index contributed by atoms with van der Waals surface area (Å²) in [7, 11) is 0. The SMILES string of the molecule is Cc1cnc([C@H]2CCCN(Cc3csc(C)n3)C2)[nH]1. The van der Waals surface area contributed by atoms with Crippen molar-refractivity contribution in [3.63, 3.8) is 0 Å². The van der Waals surface area contributed by atoms with E-state index in [0.717, 1.165) is 29.6 Å². The Labute approximate surface area is 117 Å². The van der Waals surface area contributed by atoms with Gasteiger partial charge in [0, 0.05) is 36.3 Å². The van der Waals surface area contributed by atoms with E-state index in [-0.39, 0.29) is 0 Å². The average Bonchev–Trinajstić information content (AvgIpc) is 2.99. The monoisotopic (exact) mass is 276 g/mol. The number of hydrogen-bond acceptors (Lipinski definition) is 4. The van der Waals surface area contributed by atoms with E-state index in [2.05, 4.69) is 39.1 Å². The number of hydrogen-bond donors (Lipinski definition) is 1. The van der Waals surface area contributed by atoms with E-state index < -0.39 is 0 Å². The lowest BCUT2D eigenvalue weighted by atomic mass is 9.97. The maximum Gasteiger partial charge on any atom is 0.110 e. The molecule has 1 N–H and O–H groups in total. The molecule has 1 fully saturated rings. The number of nitrogens with zero attached hydrogens (tertiary/aromatic N) is 3. The van der Waals surface area contributed by atoms with Crippen molar-refractivity contribution in [1.29, 1.82) is 0 Å². The minimum Gasteiger partial charge on any atom is -0.346 e. The van der Waals surface area contributed by atoms with Gasteiger partial charge in [0.25, 0.3) is 0 Å². The van der Waals surface area contributed by atoms with Crippen LogP contribution < -0.4 is 0 Å². The van der Waals surface area contributed by atoms with Gasteiger partial charge in [-0.2, -0.15) is 0 Å². The van der Waals surface area contributed by atoms with Crippen LogP contribution in [0, 0.1) is 13.8 Å². The molecule has 2 aromatic heterocycles. The van der Waals surface area contributed by atoms with Gasteiger partial charge in [0.1, 0.15) is 5.82 Å². The minimum atomic E-state index is 0.544. The fourth-order valence-corrected chi connectivity index (χ4v) is 3.38. The van der Waals surface area contributed by atoms with Crippen LogP contribution in [0.1, 0.15) is 41.0 Å². The molecule has 0 amide bonds. The molecule has 0 bridgehead atoms. The summed E-state index contributed by atoms with van der Waals surface area (Å²) in [5.74, 6) is 1.69. The lowest BCUT2D eigenvalue weighted by molar-refractivity contribution is 0.195. The van der Waals surface area contributed by atoms with Gasteiger partial charge in [-0.1, -0.05) is 0 Å². The number of nitrogens with one attached hydrogen (secondary N) is 1. The van der Waals surface area contributed by atoms with Gasteiger partial charge in [-0.05, 0) is 33.2 Å². The molecular weight excluding hydrogens is 256 g/mol. The second-order valence-electron chi connectivity index (χ2n) is 5.38. The molecule has 5 heteroatoms. The molecule has 1 atom stereocenters. The van der Waals surface area contributed by atoms with Crippen LogP contribution in [0.25, 0.3) is 0 Å². The van der Waals surface area contributed by atoms with Crippen molar-refractivity contribution in [1.82, 2.24) is 19.9 Å². The molecule has 0 saturated carbocycles. The molecule has 2 aromatic rings. The fraction of sp³-hybridized carbons (Fsp3) is 0.571. The molecule has 1 aliphatic heterocycles. The number of aromatic nitrogens is 3. The Morgan fingerprint density at radius 2 is 2.37 bits per heavy atom. The predicted octanol–water partition coefficient (Wildman–Crippen LogP) is 2.86. The number of aryl methyl sites for hydroxylation is 2. The Hall–Kier alpha value is -1.20. The molecule has 0 aromatic carbocycles. The molecule has 3 rings (SSSR count). The highest BCUT2D eigenvalue weighted by atomic mass is 32.1. The van der Waals surface area contributed by atoms with E-state index in [1.807, 2.05) is 6.20 Å². The Kier molecular flexibility index (Phi) is 3.66. The summed E-state index contributed by atoms with van der Waals surface area (Å²) in [6.07, 6.45) is 4.41. The molecule has 19 heavy (non-hydrogen) atoms. The van der Waals surface area contributed by atoms with Gasteiger partial charge in [0.2, 0.25) is 0 Å². The number of rotatable bonds is 3. The average molecular weight is 276 g/mol. The number of aromatic amines is 1. The van der Waals surface area contributed by atoms with Gasteiger partial charge in [-0.15, -0.1) is 11.3 Å². The minimum absolute atomic E-state index is 0.544. The van der Waals surface area contributed by atoms with Gasteiger partial charge in [-0.25, -0.2) is 9.97 Å². The normalized spacial score (nSPS) is 20.8. The predicted molar refractivity (Wildman–Crippen MR) is 77.4 cm³/mol. The lowest BCUT2D eigenvalue weighted by Crippen LogP contribution is -2.34. The highest BCUT2D eigenvalue weighted by Gasteiger charge is 2.23. The van der Waals surface area contributed by atoms with Gasteiger partial charge in [-0.3, -0.25) is 4.90 Å². The molecular formula is C14H20N4S. The van der Waals surface area contributed by atoms with E-state index in [1.165, 1.54) is 25.1 Å². The molecule has 0 aliphatic carbocycles. The van der Waals surface area contributed by atoms with Crippen LogP contribution in [0.5, 0.6) is 0 Å². The lowest BCUT2D eigenvalue weighted by Gasteiger charge is -2.31. The Morgan fingerprint density at radius 3 is 3.05 bits per heavy atom. The largest absolute Gasteiger partial charge is 0.346 e. The van der Waals surface area contributed by atoms with Crippen molar-refractivity contribution in [2.75, 3.05) is 13.1 Å². The quantitative estimate of drug-likeness (QED) is 0.937. The number of likely N-dealkylation sites (tertiary alicyclic amines) is 1. The second-order valence-corrected chi connectivity index (χ2v) is 6.45. The van der Waals surface area contributed by atoms with E-state index in [9.17, 15) is 0 Å². The smallest absolute Gasteiger partial charge is 0.110 e. The van der Waals surface area contributed by atoms with E-state index in [4.69, 9.17) is 0 Å². The first kappa shape index (κ1) is 12.8. The highest BCUT2D eigenvalue weighted by molar-refractivity contribution is 7.09. The zero-order valence-electron chi connectivity index (χ0n) is 11.5. The van der Waals surface area contributed by atoms with Crippen molar-refractivity contribution >= 4 is 11.3 Å². The molecule has 1 aliphatic rings. The first-order valence-electron chi connectivity index (χ1n) is 6.85. The maximum atomic E-state index is 4.56. The molecule has 102 valence electrons. The van der Waals surface area contributed by atoms with E-state index in [0.29, 0.717) is 5.92 Å². The summed E-state index contributed by atoms with van der Waals surface area (Å²) in [4.78, 5) is 14.9. The summed E-state index contributed by atoms with van der Waals surface area (Å²) in [5.41, 5.74) is 2.36. The number of piperidine rings is 1. The molecule has 0 unspecified atom stereocenters. The first-order chi connectivity index (χ1) is 9.20. The highest BCUT2D eigenvalue weighted by Crippen LogP contribution is 2.26. The number of thiazole rings is 1. The maximum absolute atomic E-state index is 4.56. The van der Waals surface area contributed by atoms with Crippen LogP contribution in [-0.4, -0.2) is 32.9 Å². The third kappa shape index (κ3) is 3.04. The summed E-state index contributed by atoms with van der Waals surface area (Å²) < 4.78 is 0. The Bertz CT molecular complexity index is 545. The topological polar surface area (TPSA) is 44.8 Å². The van der Waals surface area contributed by atoms with Crippen LogP contribution in [0.4, 0.5) is 0 Å². The molecule has 4 nitrogen and oxygen atoms in total. The summed E-state index contributed by atoms with van der Waals surface area (Å²) in [5, 5.41) is 3.33. The van der Waals surface area contributed by atoms with Crippen molar-refractivity contribution in [2.45, 2.75) is 39.2 Å². The summed E-state index contributed by atoms with van der Waals surface area (Å²) >= 11 is 1.74. The third-order valence-corrected chi connectivity index (χ3v) is 4.49. The van der Waals surface area contributed by atoms with Crippen LogP contribution in [-0.2, 0) is 6.54 Å². The van der Waals surface area contributed by atoms with Gasteiger partial charge in [0.15, 0.2) is 0 Å². The number of imidazole rings is 1. The first-order valence-corrected chi connectivity index (χ1v) is 7.73. The summed E-state index contributed by atoms with van der Waals surface area (Å²) in [6, 6.07) is 0. The standard InChI is InChI=1S/C14H20N4S/c1-10-6-15-14(16-10)12-4-3-5-18(7-12)8-13-9-19-11(2)17-13/h6,9,12H,3-5,7-8H2,1-2H3,(H,15,16)/t12-/m0/s1. The van der Waals surface area contributed by atoms with E-state index in [1.54, 1.807) is 11.3 Å². The van der Waals surface area contributed by atoms with Crippen LogP contribution in [0.2, 0.25) is 0 Å². The van der Waals surface area contributed by atoms with Gasteiger partial charge in [0.05, 0.1) is 10.7 Å².